The van der Waals surface area contributed by atoms with E-state index in [9.17, 15) is 29.5 Å². The van der Waals surface area contributed by atoms with Crippen LogP contribution in [0.1, 0.15) is 123 Å². The molecule has 11 nitrogen and oxygen atoms in total. The van der Waals surface area contributed by atoms with Gasteiger partial charge in [0.15, 0.2) is 6.10 Å². The standard InChI is InChI=1S/C35H61O11P/c1-3-5-7-8-9-10-11-16-20-26-34(39)44-28-31(29-45-47(41,42)43)46-35(40)27-21-25-33(38)32(37)24-19-15-13-12-14-18-23-30(36)22-17-6-4-2/h12-15,18-19,23-24,30-33,36-38H,3-11,16-17,20-22,25-29H2,1-2H3,(H2,41,42,43)/b14-12-,15-13+,23-18+,24-19+/t30-,31+,32-,33-/m0/s1. The minimum absolute atomic E-state index is 0.0903. The number of rotatable bonds is 30. The molecule has 0 aromatic rings. The fourth-order valence-corrected chi connectivity index (χ4v) is 4.82. The van der Waals surface area contributed by atoms with Gasteiger partial charge in [-0.05, 0) is 25.7 Å². The molecule has 5 N–H and O–H groups in total. The number of allylic oxidation sites excluding steroid dienone is 6. The van der Waals surface area contributed by atoms with Crippen molar-refractivity contribution >= 4 is 19.8 Å². The van der Waals surface area contributed by atoms with E-state index in [2.05, 4.69) is 18.4 Å². The predicted molar refractivity (Wildman–Crippen MR) is 183 cm³/mol. The second kappa shape index (κ2) is 30.0. The third-order valence-corrected chi connectivity index (χ3v) is 7.70. The summed E-state index contributed by atoms with van der Waals surface area (Å²) in [5.41, 5.74) is 0. The average molecular weight is 689 g/mol. The van der Waals surface area contributed by atoms with Gasteiger partial charge in [-0.25, -0.2) is 4.57 Å². The summed E-state index contributed by atoms with van der Waals surface area (Å²) in [5.74, 6) is -1.22. The summed E-state index contributed by atoms with van der Waals surface area (Å²) in [6, 6.07) is 0. The van der Waals surface area contributed by atoms with E-state index in [-0.39, 0.29) is 25.7 Å². The molecule has 0 rings (SSSR count). The Labute approximate surface area is 282 Å². The topological polar surface area (TPSA) is 180 Å². The Balaban J connectivity index is 4.43. The van der Waals surface area contributed by atoms with Crippen LogP contribution in [0, 0.1) is 0 Å². The van der Waals surface area contributed by atoms with Gasteiger partial charge < -0.3 is 34.6 Å². The molecule has 272 valence electrons. The highest BCUT2D eigenvalue weighted by Gasteiger charge is 2.23. The summed E-state index contributed by atoms with van der Waals surface area (Å²) in [7, 11) is -4.84. The monoisotopic (exact) mass is 688 g/mol. The van der Waals surface area contributed by atoms with Crippen LogP contribution in [0.5, 0.6) is 0 Å². The summed E-state index contributed by atoms with van der Waals surface area (Å²) >= 11 is 0. The van der Waals surface area contributed by atoms with Crippen molar-refractivity contribution in [3.63, 3.8) is 0 Å². The Kier molecular flexibility index (Phi) is 28.6. The molecule has 0 radical (unpaired) electrons. The highest BCUT2D eigenvalue weighted by molar-refractivity contribution is 7.46. The highest BCUT2D eigenvalue weighted by Crippen LogP contribution is 2.36. The van der Waals surface area contributed by atoms with Gasteiger partial charge >= 0.3 is 19.8 Å². The van der Waals surface area contributed by atoms with Crippen LogP contribution < -0.4 is 0 Å². The normalized spacial score (nSPS) is 15.1. The number of ether oxygens (including phenoxy) is 2. The van der Waals surface area contributed by atoms with Crippen molar-refractivity contribution in [2.45, 2.75) is 147 Å². The van der Waals surface area contributed by atoms with E-state index in [4.69, 9.17) is 19.3 Å². The first-order chi connectivity index (χ1) is 22.5. The molecule has 0 unspecified atom stereocenters. The lowest BCUT2D eigenvalue weighted by atomic mass is 10.1. The van der Waals surface area contributed by atoms with Crippen molar-refractivity contribution in [1.29, 1.82) is 0 Å². The number of hydrogen-bond acceptors (Lipinski definition) is 9. The molecule has 0 heterocycles. The van der Waals surface area contributed by atoms with Crippen molar-refractivity contribution in [3.05, 3.63) is 48.6 Å². The number of phosphoric acid groups is 1. The number of esters is 2. The van der Waals surface area contributed by atoms with Gasteiger partial charge in [-0.15, -0.1) is 0 Å². The van der Waals surface area contributed by atoms with Crippen molar-refractivity contribution in [2.24, 2.45) is 0 Å². The van der Waals surface area contributed by atoms with E-state index < -0.39 is 57.4 Å². The zero-order chi connectivity index (χ0) is 35.2. The van der Waals surface area contributed by atoms with Gasteiger partial charge in [-0.2, -0.15) is 0 Å². The molecular formula is C35H61O11P. The van der Waals surface area contributed by atoms with Gasteiger partial charge in [0.1, 0.15) is 6.61 Å². The Morgan fingerprint density at radius 1 is 0.638 bits per heavy atom. The van der Waals surface area contributed by atoms with Crippen LogP contribution in [0.15, 0.2) is 48.6 Å². The Morgan fingerprint density at radius 3 is 1.79 bits per heavy atom. The smallest absolute Gasteiger partial charge is 0.462 e. The van der Waals surface area contributed by atoms with Crippen molar-refractivity contribution < 1.29 is 53.3 Å². The van der Waals surface area contributed by atoms with Crippen molar-refractivity contribution in [3.8, 4) is 0 Å². The van der Waals surface area contributed by atoms with E-state index in [1.165, 1.54) is 38.2 Å². The molecule has 0 aromatic carbocycles. The summed E-state index contributed by atoms with van der Waals surface area (Å²) in [5, 5.41) is 30.2. The largest absolute Gasteiger partial charge is 0.469 e. The molecule has 0 saturated carbocycles. The lowest BCUT2D eigenvalue weighted by Gasteiger charge is -2.19. The second-order valence-corrected chi connectivity index (χ2v) is 13.0. The summed E-state index contributed by atoms with van der Waals surface area (Å²) in [6.45, 7) is 3.23. The number of carbonyl (C=O) groups excluding carboxylic acids is 2. The number of phosphoric ester groups is 1. The van der Waals surface area contributed by atoms with Crippen molar-refractivity contribution in [2.75, 3.05) is 13.2 Å². The Hall–Kier alpha value is -2.11. The third kappa shape index (κ3) is 30.9. The zero-order valence-electron chi connectivity index (χ0n) is 28.5. The quantitative estimate of drug-likeness (QED) is 0.0240. The van der Waals surface area contributed by atoms with Crippen LogP contribution in [0.4, 0.5) is 0 Å². The van der Waals surface area contributed by atoms with E-state index >= 15 is 0 Å². The van der Waals surface area contributed by atoms with E-state index in [0.717, 1.165) is 44.9 Å². The minimum Gasteiger partial charge on any atom is -0.462 e. The van der Waals surface area contributed by atoms with Gasteiger partial charge in [0, 0.05) is 12.8 Å². The zero-order valence-corrected chi connectivity index (χ0v) is 29.4. The highest BCUT2D eigenvalue weighted by atomic mass is 31.2. The predicted octanol–water partition coefficient (Wildman–Crippen LogP) is 6.53. The van der Waals surface area contributed by atoms with Crippen LogP contribution in [0.2, 0.25) is 0 Å². The Morgan fingerprint density at radius 2 is 1.17 bits per heavy atom. The first-order valence-electron chi connectivity index (χ1n) is 17.3. The van der Waals surface area contributed by atoms with Crippen LogP contribution in [-0.2, 0) is 28.2 Å². The number of hydrogen-bond donors (Lipinski definition) is 5. The van der Waals surface area contributed by atoms with Gasteiger partial charge in [-0.1, -0.05) is 133 Å². The lowest BCUT2D eigenvalue weighted by Crippen LogP contribution is -2.29. The molecular weight excluding hydrogens is 627 g/mol. The first kappa shape index (κ1) is 44.9. The number of carbonyl (C=O) groups is 2. The molecule has 0 fully saturated rings. The van der Waals surface area contributed by atoms with Crippen LogP contribution >= 0.6 is 7.82 Å². The summed E-state index contributed by atoms with van der Waals surface area (Å²) < 4.78 is 26.0. The fourth-order valence-electron chi connectivity index (χ4n) is 4.46. The molecule has 0 saturated heterocycles. The van der Waals surface area contributed by atoms with Gasteiger partial charge in [0.2, 0.25) is 0 Å². The third-order valence-electron chi connectivity index (χ3n) is 7.22. The van der Waals surface area contributed by atoms with E-state index in [1.54, 1.807) is 42.5 Å². The molecule has 0 amide bonds. The molecule has 4 atom stereocenters. The average Bonchev–Trinajstić information content (AvgIpc) is 3.02. The molecule has 0 spiro atoms. The second-order valence-electron chi connectivity index (χ2n) is 11.7. The number of aliphatic hydroxyl groups is 3. The van der Waals surface area contributed by atoms with Gasteiger partial charge in [0.25, 0.3) is 0 Å². The molecule has 0 aliphatic carbocycles. The maximum atomic E-state index is 12.3. The first-order valence-corrected chi connectivity index (χ1v) is 18.8. The molecule has 0 aliphatic heterocycles. The van der Waals surface area contributed by atoms with E-state index in [0.29, 0.717) is 6.42 Å². The maximum Gasteiger partial charge on any atom is 0.469 e. The fraction of sp³-hybridized carbons (Fsp3) is 0.714. The summed E-state index contributed by atoms with van der Waals surface area (Å²) in [4.78, 5) is 42.5. The molecule has 0 bridgehead atoms. The van der Waals surface area contributed by atoms with Crippen LogP contribution in [0.3, 0.4) is 0 Å². The SMILES string of the molecule is CCCCCCCCCCCC(=O)OC[C@H](COP(=O)(O)O)OC(=O)CCC[C@H](O)[C@@H](O)/C=C/C=C/C=C\C=C\[C@@H](O)CCCCC. The molecule has 47 heavy (non-hydrogen) atoms. The number of aliphatic hydroxyl groups excluding tert-OH is 3. The van der Waals surface area contributed by atoms with Crippen LogP contribution in [-0.4, -0.2) is 74.7 Å². The number of unbranched alkanes of at least 4 members (excludes halogenated alkanes) is 10. The molecule has 0 aromatic heterocycles. The van der Waals surface area contributed by atoms with Gasteiger partial charge in [-0.3, -0.25) is 14.1 Å². The van der Waals surface area contributed by atoms with Crippen LogP contribution in [0.25, 0.3) is 0 Å². The van der Waals surface area contributed by atoms with Gasteiger partial charge in [0.05, 0.1) is 24.9 Å². The molecule has 0 aliphatic rings. The van der Waals surface area contributed by atoms with Crippen molar-refractivity contribution in [1.82, 2.24) is 0 Å². The summed E-state index contributed by atoms with van der Waals surface area (Å²) in [6.07, 6.45) is 23.6. The minimum atomic E-state index is -4.84. The van der Waals surface area contributed by atoms with E-state index in [1.807, 2.05) is 0 Å². The Bertz CT molecular complexity index is 957. The lowest BCUT2D eigenvalue weighted by molar-refractivity contribution is -0.161. The molecule has 12 heteroatoms. The maximum absolute atomic E-state index is 12.3.